The summed E-state index contributed by atoms with van der Waals surface area (Å²) in [5.74, 6) is 0. The van der Waals surface area contributed by atoms with Crippen LogP contribution in [0.5, 0.6) is 0 Å². The average molecular weight is 457 g/mol. The van der Waals surface area contributed by atoms with Crippen molar-refractivity contribution < 1.29 is 8.42 Å². The molecule has 0 aliphatic carbocycles. The van der Waals surface area contributed by atoms with E-state index in [2.05, 4.69) is 60.4 Å². The molecule has 0 radical (unpaired) electrons. The first kappa shape index (κ1) is 21.8. The molecule has 4 aromatic carbocycles. The van der Waals surface area contributed by atoms with Crippen LogP contribution in [-0.4, -0.2) is 43.8 Å². The smallest absolute Gasteiger partial charge is 0.243 e. The van der Waals surface area contributed by atoms with E-state index in [4.69, 9.17) is 0 Å². The minimum absolute atomic E-state index is 0.106. The van der Waals surface area contributed by atoms with Crippen molar-refractivity contribution >= 4 is 20.8 Å². The Morgan fingerprint density at radius 3 is 2.00 bits per heavy atom. The SMILES string of the molecule is Cc1ccc(C(c2ccccc2)N2CCN(S(=O)(=O)c3cccc4ccccc34)CC2)cc1. The molecule has 4 aromatic rings. The molecule has 1 atom stereocenters. The van der Waals surface area contributed by atoms with Crippen molar-refractivity contribution in [3.05, 3.63) is 114 Å². The summed E-state index contributed by atoms with van der Waals surface area (Å²) in [7, 11) is -3.57. The van der Waals surface area contributed by atoms with Crippen LogP contribution >= 0.6 is 0 Å². The molecular formula is C28H28N2O2S. The maximum absolute atomic E-state index is 13.6. The second-order valence-corrected chi connectivity index (χ2v) is 10.5. The van der Waals surface area contributed by atoms with Gasteiger partial charge in [-0.15, -0.1) is 0 Å². The summed E-state index contributed by atoms with van der Waals surface area (Å²) in [6.45, 7) is 4.40. The molecule has 168 valence electrons. The van der Waals surface area contributed by atoms with E-state index in [-0.39, 0.29) is 6.04 Å². The first-order valence-electron chi connectivity index (χ1n) is 11.4. The highest BCUT2D eigenvalue weighted by atomic mass is 32.2. The van der Waals surface area contributed by atoms with Crippen LogP contribution in [-0.2, 0) is 10.0 Å². The van der Waals surface area contributed by atoms with Crippen LogP contribution in [0.4, 0.5) is 0 Å². The number of benzene rings is 4. The van der Waals surface area contributed by atoms with Crippen molar-refractivity contribution in [2.75, 3.05) is 26.2 Å². The van der Waals surface area contributed by atoms with Crippen molar-refractivity contribution in [3.8, 4) is 0 Å². The van der Waals surface area contributed by atoms with E-state index in [1.54, 1.807) is 10.4 Å². The predicted molar refractivity (Wildman–Crippen MR) is 134 cm³/mol. The van der Waals surface area contributed by atoms with Crippen LogP contribution in [0.1, 0.15) is 22.7 Å². The molecular weight excluding hydrogens is 428 g/mol. The predicted octanol–water partition coefficient (Wildman–Crippen LogP) is 5.24. The van der Waals surface area contributed by atoms with Gasteiger partial charge in [-0.3, -0.25) is 4.90 Å². The summed E-state index contributed by atoms with van der Waals surface area (Å²) in [5, 5.41) is 1.73. The fourth-order valence-corrected chi connectivity index (χ4v) is 6.40. The molecule has 33 heavy (non-hydrogen) atoms. The zero-order valence-electron chi connectivity index (χ0n) is 18.8. The molecule has 1 aliphatic rings. The molecule has 0 bridgehead atoms. The normalized spacial score (nSPS) is 16.6. The number of aryl methyl sites for hydroxylation is 1. The van der Waals surface area contributed by atoms with Gasteiger partial charge in [0.2, 0.25) is 10.0 Å². The third-order valence-electron chi connectivity index (χ3n) is 6.51. The quantitative estimate of drug-likeness (QED) is 0.412. The molecule has 1 heterocycles. The molecule has 0 amide bonds. The molecule has 1 unspecified atom stereocenters. The molecule has 5 heteroatoms. The molecule has 0 saturated carbocycles. The van der Waals surface area contributed by atoms with Crippen molar-refractivity contribution in [2.45, 2.75) is 17.9 Å². The van der Waals surface area contributed by atoms with Gasteiger partial charge >= 0.3 is 0 Å². The molecule has 0 aromatic heterocycles. The van der Waals surface area contributed by atoms with Gasteiger partial charge in [-0.05, 0) is 29.5 Å². The second kappa shape index (κ2) is 9.10. The number of hydrogen-bond donors (Lipinski definition) is 0. The average Bonchev–Trinajstić information content (AvgIpc) is 2.86. The summed E-state index contributed by atoms with van der Waals surface area (Å²) >= 11 is 0. The van der Waals surface area contributed by atoms with Gasteiger partial charge in [0.1, 0.15) is 0 Å². The lowest BCUT2D eigenvalue weighted by atomic mass is 9.96. The van der Waals surface area contributed by atoms with E-state index >= 15 is 0 Å². The van der Waals surface area contributed by atoms with Gasteiger partial charge in [0.15, 0.2) is 0 Å². The Labute approximate surface area is 196 Å². The Morgan fingerprint density at radius 1 is 0.667 bits per heavy atom. The van der Waals surface area contributed by atoms with Gasteiger partial charge in [0, 0.05) is 31.6 Å². The summed E-state index contributed by atoms with van der Waals surface area (Å²) in [6, 6.07) is 32.4. The van der Waals surface area contributed by atoms with Crippen LogP contribution in [0, 0.1) is 6.92 Å². The van der Waals surface area contributed by atoms with Gasteiger partial charge in [-0.1, -0.05) is 96.6 Å². The monoisotopic (exact) mass is 456 g/mol. The van der Waals surface area contributed by atoms with E-state index in [0.717, 1.165) is 10.8 Å². The Kier molecular flexibility index (Phi) is 6.02. The van der Waals surface area contributed by atoms with E-state index in [1.165, 1.54) is 16.7 Å². The third-order valence-corrected chi connectivity index (χ3v) is 8.47. The lowest BCUT2D eigenvalue weighted by Crippen LogP contribution is -2.49. The maximum atomic E-state index is 13.6. The molecule has 0 N–H and O–H groups in total. The van der Waals surface area contributed by atoms with Crippen molar-refractivity contribution in [1.82, 2.24) is 9.21 Å². The van der Waals surface area contributed by atoms with E-state index in [0.29, 0.717) is 31.1 Å². The zero-order valence-corrected chi connectivity index (χ0v) is 19.6. The third kappa shape index (κ3) is 4.32. The maximum Gasteiger partial charge on any atom is 0.243 e. The molecule has 5 rings (SSSR count). The fourth-order valence-electron chi connectivity index (χ4n) is 4.76. The zero-order chi connectivity index (χ0) is 22.8. The first-order chi connectivity index (χ1) is 16.0. The van der Waals surface area contributed by atoms with Crippen LogP contribution < -0.4 is 0 Å². The standard InChI is InChI=1S/C28H28N2O2S/c1-22-14-16-25(17-15-22)28(24-9-3-2-4-10-24)29-18-20-30(21-19-29)33(31,32)27-13-7-11-23-8-5-6-12-26(23)27/h2-17,28H,18-21H2,1H3. The van der Waals surface area contributed by atoms with Crippen LogP contribution in [0.2, 0.25) is 0 Å². The number of fused-ring (bicyclic) bond motifs is 1. The highest BCUT2D eigenvalue weighted by Gasteiger charge is 2.32. The highest BCUT2D eigenvalue weighted by molar-refractivity contribution is 7.89. The largest absolute Gasteiger partial charge is 0.290 e. The van der Waals surface area contributed by atoms with Gasteiger partial charge in [0.25, 0.3) is 0 Å². The summed E-state index contributed by atoms with van der Waals surface area (Å²) in [5.41, 5.74) is 3.69. The Morgan fingerprint density at radius 2 is 1.27 bits per heavy atom. The van der Waals surface area contributed by atoms with Crippen molar-refractivity contribution in [1.29, 1.82) is 0 Å². The van der Waals surface area contributed by atoms with E-state index in [9.17, 15) is 8.42 Å². The molecule has 1 saturated heterocycles. The molecule has 0 spiro atoms. The lowest BCUT2D eigenvalue weighted by molar-refractivity contribution is 0.156. The van der Waals surface area contributed by atoms with Gasteiger partial charge in [-0.2, -0.15) is 4.31 Å². The number of hydrogen-bond acceptors (Lipinski definition) is 3. The molecule has 4 nitrogen and oxygen atoms in total. The summed E-state index contributed by atoms with van der Waals surface area (Å²) in [6.07, 6.45) is 0. The topological polar surface area (TPSA) is 40.6 Å². The highest BCUT2D eigenvalue weighted by Crippen LogP contribution is 2.32. The summed E-state index contributed by atoms with van der Waals surface area (Å²) in [4.78, 5) is 2.79. The van der Waals surface area contributed by atoms with Gasteiger partial charge < -0.3 is 0 Å². The fraction of sp³-hybridized carbons (Fsp3) is 0.214. The number of piperazine rings is 1. The van der Waals surface area contributed by atoms with E-state index < -0.39 is 10.0 Å². The van der Waals surface area contributed by atoms with Gasteiger partial charge in [0.05, 0.1) is 10.9 Å². The first-order valence-corrected chi connectivity index (χ1v) is 12.8. The lowest BCUT2D eigenvalue weighted by Gasteiger charge is -2.39. The van der Waals surface area contributed by atoms with Crippen LogP contribution in [0.3, 0.4) is 0 Å². The van der Waals surface area contributed by atoms with Crippen LogP contribution in [0.25, 0.3) is 10.8 Å². The van der Waals surface area contributed by atoms with Crippen LogP contribution in [0.15, 0.2) is 102 Å². The number of sulfonamides is 1. The van der Waals surface area contributed by atoms with Crippen molar-refractivity contribution in [3.63, 3.8) is 0 Å². The Balaban J connectivity index is 1.41. The molecule has 1 aliphatic heterocycles. The summed E-state index contributed by atoms with van der Waals surface area (Å²) < 4.78 is 28.8. The van der Waals surface area contributed by atoms with Crippen molar-refractivity contribution in [2.24, 2.45) is 0 Å². The number of nitrogens with zero attached hydrogens (tertiary/aromatic N) is 2. The Hall–Kier alpha value is -2.99. The molecule has 1 fully saturated rings. The minimum atomic E-state index is -3.57. The Bertz CT molecular complexity index is 1340. The van der Waals surface area contributed by atoms with E-state index in [1.807, 2.05) is 42.5 Å². The second-order valence-electron chi connectivity index (χ2n) is 8.64. The minimum Gasteiger partial charge on any atom is -0.290 e. The van der Waals surface area contributed by atoms with Gasteiger partial charge in [-0.25, -0.2) is 8.42 Å². The number of rotatable bonds is 5.